The van der Waals surface area contributed by atoms with E-state index in [0.29, 0.717) is 28.4 Å². The van der Waals surface area contributed by atoms with Gasteiger partial charge in [0, 0.05) is 36.6 Å². The van der Waals surface area contributed by atoms with Crippen LogP contribution in [0, 0.1) is 0 Å². The number of halogens is 1. The zero-order valence-corrected chi connectivity index (χ0v) is 18.7. The number of carbonyl (C=O) groups is 2. The molecule has 0 saturated carbocycles. The Hall–Kier alpha value is -3.90. The Kier molecular flexibility index (Phi) is 5.44. The number of hydrogen-bond donors (Lipinski definition) is 1. The van der Waals surface area contributed by atoms with Crippen molar-refractivity contribution in [2.24, 2.45) is 7.05 Å². The highest BCUT2D eigenvalue weighted by Gasteiger charge is 2.26. The summed E-state index contributed by atoms with van der Waals surface area (Å²) in [5, 5.41) is 7.83. The number of nitrogens with zero attached hydrogens (tertiary/aromatic N) is 3. The Morgan fingerprint density at radius 3 is 2.48 bits per heavy atom. The summed E-state index contributed by atoms with van der Waals surface area (Å²) in [7, 11) is 1.91. The molecule has 0 atom stereocenters. The third-order valence-electron chi connectivity index (χ3n) is 5.71. The van der Waals surface area contributed by atoms with E-state index >= 15 is 0 Å². The SMILES string of the molecule is Cn1cc2c(n1)-c1ccccc1N(C(=O)c1ccc(NC(=O)c3ccccc3Cl)cc1)CC2. The second-order valence-electron chi connectivity index (χ2n) is 7.91. The van der Waals surface area contributed by atoms with Crippen LogP contribution in [0.2, 0.25) is 5.02 Å². The molecule has 1 N–H and O–H groups in total. The standard InChI is InChI=1S/C26H21ClN4O2/c1-30-16-18-14-15-31(23-9-5-3-7-21(23)24(18)29-30)26(33)17-10-12-19(13-11-17)28-25(32)20-6-2-4-8-22(20)27/h2-13,16H,14-15H2,1H3,(H,28,32). The second kappa shape index (κ2) is 8.56. The van der Waals surface area contributed by atoms with Crippen LogP contribution in [0.3, 0.4) is 0 Å². The van der Waals surface area contributed by atoms with Gasteiger partial charge >= 0.3 is 0 Å². The van der Waals surface area contributed by atoms with Crippen molar-refractivity contribution in [1.82, 2.24) is 9.78 Å². The van der Waals surface area contributed by atoms with Crippen LogP contribution in [0.4, 0.5) is 11.4 Å². The van der Waals surface area contributed by atoms with E-state index in [-0.39, 0.29) is 11.8 Å². The molecule has 7 heteroatoms. The van der Waals surface area contributed by atoms with Gasteiger partial charge in [-0.25, -0.2) is 0 Å². The van der Waals surface area contributed by atoms with E-state index in [1.54, 1.807) is 53.4 Å². The van der Waals surface area contributed by atoms with E-state index in [0.717, 1.165) is 28.9 Å². The third-order valence-corrected chi connectivity index (χ3v) is 6.04. The van der Waals surface area contributed by atoms with Gasteiger partial charge < -0.3 is 10.2 Å². The van der Waals surface area contributed by atoms with Crippen LogP contribution >= 0.6 is 11.6 Å². The Morgan fingerprint density at radius 2 is 1.70 bits per heavy atom. The van der Waals surface area contributed by atoms with Crippen LogP contribution in [0.5, 0.6) is 0 Å². The number of anilines is 2. The van der Waals surface area contributed by atoms with Crippen molar-refractivity contribution < 1.29 is 9.59 Å². The number of rotatable bonds is 3. The number of amides is 2. The molecule has 33 heavy (non-hydrogen) atoms. The number of hydrogen-bond acceptors (Lipinski definition) is 3. The molecule has 0 aliphatic carbocycles. The fraction of sp³-hybridized carbons (Fsp3) is 0.115. The molecule has 0 radical (unpaired) electrons. The molecular weight excluding hydrogens is 436 g/mol. The summed E-state index contributed by atoms with van der Waals surface area (Å²) in [6, 6.07) is 21.6. The molecule has 0 saturated heterocycles. The quantitative estimate of drug-likeness (QED) is 0.461. The van der Waals surface area contributed by atoms with Gasteiger partial charge in [0.1, 0.15) is 0 Å². The van der Waals surface area contributed by atoms with Crippen molar-refractivity contribution in [1.29, 1.82) is 0 Å². The van der Waals surface area contributed by atoms with Gasteiger partial charge in [0.15, 0.2) is 0 Å². The van der Waals surface area contributed by atoms with Crippen LogP contribution in [0.1, 0.15) is 26.3 Å². The zero-order chi connectivity index (χ0) is 22.9. The average Bonchev–Trinajstić information content (AvgIpc) is 3.13. The Balaban J connectivity index is 1.39. The first-order valence-electron chi connectivity index (χ1n) is 10.6. The molecule has 0 bridgehead atoms. The van der Waals surface area contributed by atoms with Crippen molar-refractivity contribution in [3.8, 4) is 11.3 Å². The Morgan fingerprint density at radius 1 is 0.970 bits per heavy atom. The summed E-state index contributed by atoms with van der Waals surface area (Å²) in [6.45, 7) is 0.555. The van der Waals surface area contributed by atoms with E-state index in [4.69, 9.17) is 11.6 Å². The first-order valence-corrected chi connectivity index (χ1v) is 11.0. The molecule has 3 aromatic carbocycles. The van der Waals surface area contributed by atoms with Gasteiger partial charge in [-0.1, -0.05) is 41.9 Å². The van der Waals surface area contributed by atoms with E-state index in [1.807, 2.05) is 42.2 Å². The minimum absolute atomic E-state index is 0.0963. The first-order chi connectivity index (χ1) is 16.0. The summed E-state index contributed by atoms with van der Waals surface area (Å²) in [5.41, 5.74) is 5.36. The molecule has 2 amide bonds. The number of carbonyl (C=O) groups excluding carboxylic acids is 2. The van der Waals surface area contributed by atoms with Gasteiger partial charge in [0.2, 0.25) is 0 Å². The van der Waals surface area contributed by atoms with Crippen LogP contribution in [-0.2, 0) is 13.5 Å². The van der Waals surface area contributed by atoms with Gasteiger partial charge in [0.25, 0.3) is 11.8 Å². The second-order valence-corrected chi connectivity index (χ2v) is 8.32. The fourth-order valence-electron chi connectivity index (χ4n) is 4.12. The summed E-state index contributed by atoms with van der Waals surface area (Å²) >= 11 is 6.11. The average molecular weight is 457 g/mol. The molecule has 1 aliphatic heterocycles. The van der Waals surface area contributed by atoms with Crippen molar-refractivity contribution >= 4 is 34.8 Å². The van der Waals surface area contributed by atoms with Gasteiger partial charge in [-0.15, -0.1) is 0 Å². The predicted molar refractivity (Wildman–Crippen MR) is 130 cm³/mol. The Labute approximate surface area is 196 Å². The van der Waals surface area contributed by atoms with Crippen LogP contribution in [0.25, 0.3) is 11.3 Å². The highest BCUT2D eigenvalue weighted by atomic mass is 35.5. The minimum Gasteiger partial charge on any atom is -0.322 e. The minimum atomic E-state index is -0.299. The normalized spacial score (nSPS) is 12.5. The van der Waals surface area contributed by atoms with E-state index in [1.165, 1.54) is 0 Å². The smallest absolute Gasteiger partial charge is 0.258 e. The molecule has 1 aliphatic rings. The van der Waals surface area contributed by atoms with E-state index < -0.39 is 0 Å². The number of nitrogens with one attached hydrogen (secondary N) is 1. The maximum absolute atomic E-state index is 13.5. The van der Waals surface area contributed by atoms with Crippen LogP contribution in [-0.4, -0.2) is 28.1 Å². The number of benzene rings is 3. The number of aromatic nitrogens is 2. The predicted octanol–water partition coefficient (Wildman–Crippen LogP) is 5.20. The molecular formula is C26H21ClN4O2. The third kappa shape index (κ3) is 4.01. The Bertz CT molecular complexity index is 1360. The maximum atomic E-state index is 13.5. The lowest BCUT2D eigenvalue weighted by Gasteiger charge is -2.23. The van der Waals surface area contributed by atoms with Crippen LogP contribution < -0.4 is 10.2 Å². The number of aryl methyl sites for hydroxylation is 1. The monoisotopic (exact) mass is 456 g/mol. The van der Waals surface area contributed by atoms with Crippen molar-refractivity contribution in [2.45, 2.75) is 6.42 Å². The highest BCUT2D eigenvalue weighted by molar-refractivity contribution is 6.34. The van der Waals surface area contributed by atoms with E-state index in [9.17, 15) is 9.59 Å². The molecule has 2 heterocycles. The molecule has 0 unspecified atom stereocenters. The molecule has 164 valence electrons. The number of fused-ring (bicyclic) bond motifs is 3. The first kappa shape index (κ1) is 21.0. The lowest BCUT2D eigenvalue weighted by Crippen LogP contribution is -2.32. The topological polar surface area (TPSA) is 67.2 Å². The molecule has 0 spiro atoms. The van der Waals surface area contributed by atoms with Gasteiger partial charge in [-0.3, -0.25) is 14.3 Å². The lowest BCUT2D eigenvalue weighted by atomic mass is 10.1. The summed E-state index contributed by atoms with van der Waals surface area (Å²) in [4.78, 5) is 27.8. The van der Waals surface area contributed by atoms with Gasteiger partial charge in [0.05, 0.1) is 22.0 Å². The van der Waals surface area contributed by atoms with E-state index in [2.05, 4.69) is 10.4 Å². The highest BCUT2D eigenvalue weighted by Crippen LogP contribution is 2.36. The largest absolute Gasteiger partial charge is 0.322 e. The lowest BCUT2D eigenvalue weighted by molar-refractivity contribution is 0.0986. The van der Waals surface area contributed by atoms with Crippen LogP contribution in [0.15, 0.2) is 79.0 Å². The molecule has 0 fully saturated rings. The van der Waals surface area contributed by atoms with Gasteiger partial charge in [-0.2, -0.15) is 5.10 Å². The van der Waals surface area contributed by atoms with Crippen molar-refractivity contribution in [2.75, 3.05) is 16.8 Å². The number of para-hydroxylation sites is 1. The molecule has 4 aromatic rings. The zero-order valence-electron chi connectivity index (χ0n) is 18.0. The van der Waals surface area contributed by atoms with Gasteiger partial charge in [-0.05, 0) is 54.4 Å². The summed E-state index contributed by atoms with van der Waals surface area (Å²) in [6.07, 6.45) is 2.73. The molecule has 5 rings (SSSR count). The molecule has 6 nitrogen and oxygen atoms in total. The molecule has 1 aromatic heterocycles. The summed E-state index contributed by atoms with van der Waals surface area (Å²) < 4.78 is 1.81. The maximum Gasteiger partial charge on any atom is 0.258 e. The fourth-order valence-corrected chi connectivity index (χ4v) is 4.34. The van der Waals surface area contributed by atoms with Crippen molar-refractivity contribution in [3.63, 3.8) is 0 Å². The summed E-state index contributed by atoms with van der Waals surface area (Å²) in [5.74, 6) is -0.396. The van der Waals surface area contributed by atoms with Crippen molar-refractivity contribution in [3.05, 3.63) is 101 Å².